The predicted octanol–water partition coefficient (Wildman–Crippen LogP) is 3.13. The zero-order valence-electron chi connectivity index (χ0n) is 22.6. The molecule has 2 aliphatic heterocycles. The van der Waals surface area contributed by atoms with Gasteiger partial charge in [-0.3, -0.25) is 19.4 Å². The van der Waals surface area contributed by atoms with E-state index in [1.54, 1.807) is 34.0 Å². The number of rotatable bonds is 6. The largest absolute Gasteiger partial charge is 0.480 e. The molecule has 0 saturated heterocycles. The summed E-state index contributed by atoms with van der Waals surface area (Å²) in [6.45, 7) is 7.44. The molecule has 1 amide bonds. The predicted molar refractivity (Wildman–Crippen MR) is 152 cm³/mol. The monoisotopic (exact) mass is 538 g/mol. The van der Waals surface area contributed by atoms with Crippen molar-refractivity contribution in [2.75, 3.05) is 37.0 Å². The van der Waals surface area contributed by atoms with Gasteiger partial charge in [-0.2, -0.15) is 4.98 Å². The number of likely N-dealkylation sites (N-methyl/N-ethyl adjacent to an activating group) is 2. The molecule has 7 rings (SSSR count). The first-order chi connectivity index (χ1) is 19.4. The van der Waals surface area contributed by atoms with Gasteiger partial charge in [-0.25, -0.2) is 19.3 Å². The maximum atomic E-state index is 13.4. The van der Waals surface area contributed by atoms with Gasteiger partial charge in [0.05, 0.1) is 6.54 Å². The van der Waals surface area contributed by atoms with Crippen LogP contribution in [0.1, 0.15) is 30.9 Å². The van der Waals surface area contributed by atoms with Gasteiger partial charge in [-0.1, -0.05) is 12.1 Å². The number of hydrogen-bond donors (Lipinski definition) is 1. The van der Waals surface area contributed by atoms with E-state index in [0.717, 1.165) is 18.7 Å². The fourth-order valence-corrected chi connectivity index (χ4v) is 6.03. The molecule has 204 valence electrons. The Kier molecular flexibility index (Phi) is 5.53. The third-order valence-corrected chi connectivity index (χ3v) is 8.28. The highest BCUT2D eigenvalue weighted by atomic mass is 16.5. The number of amides is 1. The lowest BCUT2D eigenvalue weighted by molar-refractivity contribution is -0.121. The Labute approximate surface area is 230 Å². The fourth-order valence-electron chi connectivity index (χ4n) is 6.03. The summed E-state index contributed by atoms with van der Waals surface area (Å²) in [7, 11) is 2.21. The van der Waals surface area contributed by atoms with Gasteiger partial charge in [-0.15, -0.1) is 6.58 Å². The van der Waals surface area contributed by atoms with E-state index in [1.807, 2.05) is 6.92 Å². The molecule has 11 nitrogen and oxygen atoms in total. The molecule has 4 aromatic rings. The maximum Gasteiger partial charge on any atom is 0.278 e. The molecule has 0 unspecified atom stereocenters. The number of benzene rings is 1. The Morgan fingerprint density at radius 2 is 2.02 bits per heavy atom. The van der Waals surface area contributed by atoms with Crippen LogP contribution in [0.15, 0.2) is 54.0 Å². The van der Waals surface area contributed by atoms with E-state index in [0.29, 0.717) is 40.9 Å². The van der Waals surface area contributed by atoms with E-state index >= 15 is 0 Å². The number of hydrogen-bond acceptors (Lipinski definition) is 8. The van der Waals surface area contributed by atoms with Crippen LogP contribution in [0.5, 0.6) is 5.75 Å². The highest BCUT2D eigenvalue weighted by Gasteiger charge is 2.50. The summed E-state index contributed by atoms with van der Waals surface area (Å²) < 4.78 is 8.76. The standard InChI is InChI=1S/C29H30N8O3/c1-4-13-36-27(39)20-16-30-28(31-19-7-6-18-10-14-34(3)29(11-12-29)21(18)15-19)33-25(20)37(36)23-9-8-22-26(32-23)35(5-2)24(38)17-40-22/h4,6-9,15-16H,1,5,10-14,17H2,2-3H3,(H,30,31,33). The maximum absolute atomic E-state index is 13.4. The molecule has 0 atom stereocenters. The second-order valence-corrected chi connectivity index (χ2v) is 10.5. The normalized spacial score (nSPS) is 17.4. The van der Waals surface area contributed by atoms with Crippen LogP contribution in [0, 0.1) is 0 Å². The molecular formula is C29H30N8O3. The van der Waals surface area contributed by atoms with Crippen molar-refractivity contribution in [2.45, 2.75) is 38.3 Å². The van der Waals surface area contributed by atoms with Crippen molar-refractivity contribution in [3.63, 3.8) is 0 Å². The minimum absolute atomic E-state index is 0.0299. The molecule has 1 aliphatic carbocycles. The van der Waals surface area contributed by atoms with Crippen LogP contribution in [0.3, 0.4) is 0 Å². The van der Waals surface area contributed by atoms with Crippen molar-refractivity contribution in [1.29, 1.82) is 0 Å². The number of carbonyl (C=O) groups is 1. The van der Waals surface area contributed by atoms with E-state index < -0.39 is 0 Å². The van der Waals surface area contributed by atoms with Crippen LogP contribution in [0.2, 0.25) is 0 Å². The second-order valence-electron chi connectivity index (χ2n) is 10.5. The first-order valence-electron chi connectivity index (χ1n) is 13.6. The Morgan fingerprint density at radius 3 is 2.80 bits per heavy atom. The van der Waals surface area contributed by atoms with Crippen LogP contribution in [-0.2, 0) is 23.3 Å². The number of carbonyl (C=O) groups excluding carboxylic acids is 1. The summed E-state index contributed by atoms with van der Waals surface area (Å²) in [5, 5.41) is 3.72. The van der Waals surface area contributed by atoms with Crippen molar-refractivity contribution in [3.05, 3.63) is 70.7 Å². The first-order valence-corrected chi connectivity index (χ1v) is 13.6. The third kappa shape index (κ3) is 3.64. The Balaban J connectivity index is 1.32. The number of pyridine rings is 1. The van der Waals surface area contributed by atoms with Crippen molar-refractivity contribution >= 4 is 34.4 Å². The lowest BCUT2D eigenvalue weighted by Crippen LogP contribution is -2.39. The van der Waals surface area contributed by atoms with Crippen LogP contribution >= 0.6 is 0 Å². The topological polar surface area (TPSA) is 110 Å². The average Bonchev–Trinajstić information content (AvgIpc) is 3.72. The molecule has 40 heavy (non-hydrogen) atoms. The molecule has 1 fully saturated rings. The molecule has 3 aliphatic rings. The summed E-state index contributed by atoms with van der Waals surface area (Å²) in [5.41, 5.74) is 3.97. The third-order valence-electron chi connectivity index (χ3n) is 8.28. The van der Waals surface area contributed by atoms with Gasteiger partial charge in [-0.05, 0) is 68.6 Å². The minimum atomic E-state index is -0.256. The summed E-state index contributed by atoms with van der Waals surface area (Å²) in [4.78, 5) is 43.9. The summed E-state index contributed by atoms with van der Waals surface area (Å²) >= 11 is 0. The van der Waals surface area contributed by atoms with Crippen LogP contribution in [-0.4, -0.2) is 61.9 Å². The number of nitrogens with one attached hydrogen (secondary N) is 1. The Hall–Kier alpha value is -4.51. The SMILES string of the molecule is C=CCn1c(=O)c2cnc(Nc3ccc4c(c3)C3(CC3)N(C)CC4)nc2n1-c1ccc2c(n1)N(CC)C(=O)CO2. The van der Waals surface area contributed by atoms with E-state index in [-0.39, 0.29) is 30.2 Å². The number of nitrogens with zero attached hydrogens (tertiary/aromatic N) is 7. The van der Waals surface area contributed by atoms with Crippen LogP contribution < -0.4 is 20.5 Å². The fraction of sp³-hybridized carbons (Fsp3) is 0.345. The molecular weight excluding hydrogens is 508 g/mol. The summed E-state index contributed by atoms with van der Waals surface area (Å²) in [6, 6.07) is 9.98. The highest BCUT2D eigenvalue weighted by molar-refractivity contribution is 5.96. The molecule has 1 saturated carbocycles. The van der Waals surface area contributed by atoms with Crippen LogP contribution in [0.4, 0.5) is 17.5 Å². The molecule has 3 aromatic heterocycles. The molecule has 5 heterocycles. The van der Waals surface area contributed by atoms with Gasteiger partial charge in [0.2, 0.25) is 5.95 Å². The zero-order valence-corrected chi connectivity index (χ0v) is 22.6. The number of ether oxygens (including phenoxy) is 1. The van der Waals surface area contributed by atoms with E-state index in [1.165, 1.54) is 28.7 Å². The summed E-state index contributed by atoms with van der Waals surface area (Å²) in [5.74, 6) is 1.57. The van der Waals surface area contributed by atoms with E-state index in [2.05, 4.69) is 47.0 Å². The number of allylic oxidation sites excluding steroid dienone is 1. The van der Waals surface area contributed by atoms with Gasteiger partial charge < -0.3 is 10.1 Å². The molecule has 1 aromatic carbocycles. The van der Waals surface area contributed by atoms with Gasteiger partial charge >= 0.3 is 0 Å². The minimum Gasteiger partial charge on any atom is -0.480 e. The van der Waals surface area contributed by atoms with Crippen molar-refractivity contribution < 1.29 is 9.53 Å². The summed E-state index contributed by atoms with van der Waals surface area (Å²) in [6.07, 6.45) is 6.57. The van der Waals surface area contributed by atoms with Crippen molar-refractivity contribution in [1.82, 2.24) is 29.2 Å². The molecule has 1 N–H and O–H groups in total. The molecule has 1 spiro atoms. The van der Waals surface area contributed by atoms with Gasteiger partial charge in [0, 0.05) is 30.5 Å². The molecule has 0 bridgehead atoms. The molecule has 11 heteroatoms. The Bertz CT molecular complexity index is 1750. The van der Waals surface area contributed by atoms with Crippen LogP contribution in [0.25, 0.3) is 16.9 Å². The number of anilines is 3. The first kappa shape index (κ1) is 24.5. The molecule has 0 radical (unpaired) electrons. The van der Waals surface area contributed by atoms with Gasteiger partial charge in [0.25, 0.3) is 11.5 Å². The zero-order chi connectivity index (χ0) is 27.6. The highest BCUT2D eigenvalue weighted by Crippen LogP contribution is 2.53. The average molecular weight is 539 g/mol. The van der Waals surface area contributed by atoms with Gasteiger partial charge in [0.1, 0.15) is 5.39 Å². The van der Waals surface area contributed by atoms with E-state index in [4.69, 9.17) is 14.7 Å². The smallest absolute Gasteiger partial charge is 0.278 e. The Morgan fingerprint density at radius 1 is 1.18 bits per heavy atom. The lowest BCUT2D eigenvalue weighted by atomic mass is 9.90. The van der Waals surface area contributed by atoms with E-state index in [9.17, 15) is 9.59 Å². The number of fused-ring (bicyclic) bond motifs is 4. The second kappa shape index (κ2) is 9.02. The van der Waals surface area contributed by atoms with Gasteiger partial charge in [0.15, 0.2) is 29.6 Å². The quantitative estimate of drug-likeness (QED) is 0.373. The van der Waals surface area contributed by atoms with Crippen molar-refractivity contribution in [3.8, 4) is 11.6 Å². The van der Waals surface area contributed by atoms with Crippen molar-refractivity contribution in [2.24, 2.45) is 0 Å². The lowest BCUT2D eigenvalue weighted by Gasteiger charge is -2.35. The number of aromatic nitrogens is 5.